The first-order valence-electron chi connectivity index (χ1n) is 7.88. The summed E-state index contributed by atoms with van der Waals surface area (Å²) in [7, 11) is 1.78. The van der Waals surface area contributed by atoms with E-state index in [1.165, 1.54) is 0 Å². The van der Waals surface area contributed by atoms with Gasteiger partial charge in [0.15, 0.2) is 5.60 Å². The van der Waals surface area contributed by atoms with E-state index in [9.17, 15) is 18.7 Å². The Hall–Kier alpha value is -1.53. The number of alkyl halides is 2. The van der Waals surface area contributed by atoms with Gasteiger partial charge in [0.1, 0.15) is 0 Å². The number of benzene rings is 1. The number of nitrogens with one attached hydrogen (secondary N) is 1. The van der Waals surface area contributed by atoms with Crippen LogP contribution in [0.4, 0.5) is 8.78 Å². The van der Waals surface area contributed by atoms with E-state index in [1.807, 2.05) is 0 Å². The molecule has 0 saturated heterocycles. The summed E-state index contributed by atoms with van der Waals surface area (Å²) in [4.78, 5) is 12.5. The number of esters is 1. The molecule has 0 unspecified atom stereocenters. The van der Waals surface area contributed by atoms with Crippen molar-refractivity contribution in [1.29, 1.82) is 0 Å². The lowest BCUT2D eigenvalue weighted by Crippen LogP contribution is -2.44. The van der Waals surface area contributed by atoms with Crippen LogP contribution in [0.15, 0.2) is 30.3 Å². The average Bonchev–Trinajstić information content (AvgIpc) is 2.92. The number of hydrogen-bond acceptors (Lipinski definition) is 4. The lowest BCUT2D eigenvalue weighted by atomic mass is 9.80. The smallest absolute Gasteiger partial charge is 0.343 e. The summed E-state index contributed by atoms with van der Waals surface area (Å²) >= 11 is 0. The second-order valence-corrected chi connectivity index (χ2v) is 6.02. The van der Waals surface area contributed by atoms with Gasteiger partial charge in [-0.2, -0.15) is 0 Å². The second-order valence-electron chi connectivity index (χ2n) is 6.02. The van der Waals surface area contributed by atoms with E-state index in [0.29, 0.717) is 18.5 Å². The van der Waals surface area contributed by atoms with Crippen LogP contribution >= 0.6 is 0 Å². The maximum atomic E-state index is 13.6. The largest absolute Gasteiger partial charge is 0.463 e. The zero-order chi connectivity index (χ0) is 16.9. The third kappa shape index (κ3) is 4.06. The molecule has 0 aromatic heterocycles. The van der Waals surface area contributed by atoms with Crippen molar-refractivity contribution in [3.63, 3.8) is 0 Å². The molecule has 2 atom stereocenters. The van der Waals surface area contributed by atoms with Crippen LogP contribution in [-0.2, 0) is 15.1 Å². The Bertz CT molecular complexity index is 524. The molecule has 2 N–H and O–H groups in total. The molecule has 6 heteroatoms. The molecule has 0 spiro atoms. The Morgan fingerprint density at radius 3 is 2.70 bits per heavy atom. The molecule has 0 aliphatic heterocycles. The highest BCUT2D eigenvalue weighted by Crippen LogP contribution is 2.47. The van der Waals surface area contributed by atoms with Gasteiger partial charge in [-0.3, -0.25) is 0 Å². The summed E-state index contributed by atoms with van der Waals surface area (Å²) in [6, 6.07) is 8.23. The van der Waals surface area contributed by atoms with Gasteiger partial charge in [0.25, 0.3) is 0 Å². The summed E-state index contributed by atoms with van der Waals surface area (Å²) < 4.78 is 32.3. The number of rotatable bonds is 7. The highest BCUT2D eigenvalue weighted by atomic mass is 19.3. The predicted octanol–water partition coefficient (Wildman–Crippen LogP) is 2.46. The van der Waals surface area contributed by atoms with E-state index in [-0.39, 0.29) is 19.4 Å². The first kappa shape index (κ1) is 17.8. The summed E-state index contributed by atoms with van der Waals surface area (Å²) in [5, 5.41) is 13.9. The number of carbonyl (C=O) groups is 1. The van der Waals surface area contributed by atoms with Gasteiger partial charge in [-0.05, 0) is 32.0 Å². The third-order valence-electron chi connectivity index (χ3n) is 4.32. The van der Waals surface area contributed by atoms with E-state index in [4.69, 9.17) is 4.74 Å². The van der Waals surface area contributed by atoms with Crippen LogP contribution in [0.5, 0.6) is 0 Å². The molecular formula is C17H23F2NO3. The minimum Gasteiger partial charge on any atom is -0.463 e. The molecule has 0 radical (unpaired) electrons. The van der Waals surface area contributed by atoms with Crippen LogP contribution < -0.4 is 5.32 Å². The normalized spacial score (nSPS) is 22.5. The van der Waals surface area contributed by atoms with Gasteiger partial charge < -0.3 is 15.2 Å². The fourth-order valence-corrected chi connectivity index (χ4v) is 3.04. The van der Waals surface area contributed by atoms with Crippen molar-refractivity contribution in [2.24, 2.45) is 5.92 Å². The number of ether oxygens (including phenoxy) is 1. The number of halogens is 2. The van der Waals surface area contributed by atoms with Crippen molar-refractivity contribution in [1.82, 2.24) is 5.32 Å². The van der Waals surface area contributed by atoms with Crippen molar-refractivity contribution in [3.05, 3.63) is 35.9 Å². The van der Waals surface area contributed by atoms with Crippen molar-refractivity contribution in [2.45, 2.75) is 37.2 Å². The highest BCUT2D eigenvalue weighted by molar-refractivity contribution is 5.81. The highest BCUT2D eigenvalue weighted by Gasteiger charge is 2.54. The monoisotopic (exact) mass is 327 g/mol. The van der Waals surface area contributed by atoms with E-state index >= 15 is 0 Å². The molecule has 1 aliphatic carbocycles. The number of hydrogen-bond donors (Lipinski definition) is 2. The van der Waals surface area contributed by atoms with Gasteiger partial charge in [-0.25, -0.2) is 13.6 Å². The quantitative estimate of drug-likeness (QED) is 0.597. The first-order valence-corrected chi connectivity index (χ1v) is 7.88. The molecule has 0 heterocycles. The maximum absolute atomic E-state index is 13.6. The molecule has 4 nitrogen and oxygen atoms in total. The Balaban J connectivity index is 2.20. The number of aliphatic hydroxyl groups is 1. The topological polar surface area (TPSA) is 58.6 Å². The van der Waals surface area contributed by atoms with Crippen LogP contribution in [0.1, 0.15) is 31.2 Å². The standard InChI is InChI=1S/C17H23F2NO3/c1-20-10-5-11-23-15(21)17(22,13-6-3-2-4-7-13)14-8-9-16(18,19)12-14/h2-4,6-7,14,20,22H,5,8-12H2,1H3/t14-,17+/m1/s1. The van der Waals surface area contributed by atoms with Gasteiger partial charge in [0.2, 0.25) is 5.92 Å². The molecule has 0 amide bonds. The van der Waals surface area contributed by atoms with Crippen molar-refractivity contribution >= 4 is 5.97 Å². The minimum atomic E-state index is -2.85. The molecule has 128 valence electrons. The van der Waals surface area contributed by atoms with Gasteiger partial charge in [-0.15, -0.1) is 0 Å². The summed E-state index contributed by atoms with van der Waals surface area (Å²) in [5.41, 5.74) is -1.72. The Morgan fingerprint density at radius 1 is 1.43 bits per heavy atom. The average molecular weight is 327 g/mol. The predicted molar refractivity (Wildman–Crippen MR) is 82.1 cm³/mol. The van der Waals surface area contributed by atoms with Crippen LogP contribution in [-0.4, -0.2) is 37.2 Å². The zero-order valence-corrected chi connectivity index (χ0v) is 13.2. The van der Waals surface area contributed by atoms with Gasteiger partial charge in [-0.1, -0.05) is 30.3 Å². The zero-order valence-electron chi connectivity index (χ0n) is 13.2. The van der Waals surface area contributed by atoms with E-state index in [1.54, 1.807) is 37.4 Å². The molecule has 2 rings (SSSR count). The SMILES string of the molecule is CNCCCOC(=O)[C@](O)(c1ccccc1)[C@@H]1CCC(F)(F)C1. The molecule has 1 aromatic rings. The van der Waals surface area contributed by atoms with Crippen molar-refractivity contribution in [3.8, 4) is 0 Å². The van der Waals surface area contributed by atoms with Crippen LogP contribution in [0, 0.1) is 5.92 Å². The minimum absolute atomic E-state index is 0.0873. The molecule has 0 bridgehead atoms. The molecule has 1 aliphatic rings. The Morgan fingerprint density at radius 2 is 2.13 bits per heavy atom. The van der Waals surface area contributed by atoms with E-state index in [2.05, 4.69) is 5.32 Å². The van der Waals surface area contributed by atoms with Gasteiger partial charge in [0, 0.05) is 18.8 Å². The van der Waals surface area contributed by atoms with Crippen molar-refractivity contribution < 1.29 is 23.4 Å². The fourth-order valence-electron chi connectivity index (χ4n) is 3.04. The van der Waals surface area contributed by atoms with E-state index < -0.39 is 29.8 Å². The lowest BCUT2D eigenvalue weighted by molar-refractivity contribution is -0.174. The Kier molecular flexibility index (Phi) is 5.70. The lowest BCUT2D eigenvalue weighted by Gasteiger charge is -2.32. The van der Waals surface area contributed by atoms with Gasteiger partial charge in [0.05, 0.1) is 6.61 Å². The molecular weight excluding hydrogens is 304 g/mol. The van der Waals surface area contributed by atoms with Crippen LogP contribution in [0.25, 0.3) is 0 Å². The summed E-state index contributed by atoms with van der Waals surface area (Å²) in [5.74, 6) is -4.54. The first-order chi connectivity index (χ1) is 10.9. The van der Waals surface area contributed by atoms with Gasteiger partial charge >= 0.3 is 5.97 Å². The third-order valence-corrected chi connectivity index (χ3v) is 4.32. The van der Waals surface area contributed by atoms with Crippen molar-refractivity contribution in [2.75, 3.05) is 20.2 Å². The second kappa shape index (κ2) is 7.36. The Labute approximate surface area is 134 Å². The van der Waals surface area contributed by atoms with E-state index in [0.717, 1.165) is 0 Å². The molecule has 1 aromatic carbocycles. The van der Waals surface area contributed by atoms with Crippen LogP contribution in [0.2, 0.25) is 0 Å². The number of carbonyl (C=O) groups excluding carboxylic acids is 1. The summed E-state index contributed by atoms with van der Waals surface area (Å²) in [6.07, 6.45) is -0.151. The molecule has 23 heavy (non-hydrogen) atoms. The maximum Gasteiger partial charge on any atom is 0.343 e. The summed E-state index contributed by atoms with van der Waals surface area (Å²) in [6.45, 7) is 0.802. The molecule has 1 fully saturated rings. The van der Waals surface area contributed by atoms with Crippen LogP contribution in [0.3, 0.4) is 0 Å². The molecule has 1 saturated carbocycles. The fraction of sp³-hybridized carbons (Fsp3) is 0.588.